The number of rotatable bonds is 5. The van der Waals surface area contributed by atoms with Gasteiger partial charge in [0.25, 0.3) is 5.91 Å². The molecule has 1 saturated heterocycles. The quantitative estimate of drug-likeness (QED) is 0.594. The van der Waals surface area contributed by atoms with Crippen LogP contribution in [0.4, 0.5) is 0 Å². The summed E-state index contributed by atoms with van der Waals surface area (Å²) >= 11 is 0. The van der Waals surface area contributed by atoms with Crippen LogP contribution in [0, 0.1) is 0 Å². The lowest BCUT2D eigenvalue weighted by Gasteiger charge is -2.25. The second kappa shape index (κ2) is 8.53. The Bertz CT molecular complexity index is 979. The highest BCUT2D eigenvalue weighted by Crippen LogP contribution is 2.21. The molecule has 0 bridgehead atoms. The van der Waals surface area contributed by atoms with E-state index in [0.717, 1.165) is 24.8 Å². The maximum Gasteiger partial charge on any atom is 0.271 e. The zero-order valence-corrected chi connectivity index (χ0v) is 16.4. The van der Waals surface area contributed by atoms with Crippen LogP contribution in [0.5, 0.6) is 5.75 Å². The number of hydrogen-bond acceptors (Lipinski definition) is 5. The normalized spacial score (nSPS) is 16.0. The summed E-state index contributed by atoms with van der Waals surface area (Å²) in [6.07, 6.45) is 2.74. The van der Waals surface area contributed by atoms with Crippen molar-refractivity contribution in [2.75, 3.05) is 13.1 Å². The Morgan fingerprint density at radius 3 is 2.39 bits per heavy atom. The zero-order chi connectivity index (χ0) is 20.1. The average molecular weight is 401 g/mol. The number of carbonyl (C=O) groups is 1. The summed E-state index contributed by atoms with van der Waals surface area (Å²) < 4.78 is 27.0. The predicted molar refractivity (Wildman–Crippen MR) is 107 cm³/mol. The van der Waals surface area contributed by atoms with Crippen molar-refractivity contribution in [2.45, 2.75) is 31.1 Å². The van der Waals surface area contributed by atoms with Gasteiger partial charge >= 0.3 is 0 Å². The molecule has 8 heteroatoms. The summed E-state index contributed by atoms with van der Waals surface area (Å²) in [7, 11) is -3.60. The molecule has 0 radical (unpaired) electrons. The molecule has 3 rings (SSSR count). The van der Waals surface area contributed by atoms with E-state index in [2.05, 4.69) is 10.5 Å². The third-order valence-electron chi connectivity index (χ3n) is 4.66. The van der Waals surface area contributed by atoms with Crippen LogP contribution in [0.25, 0.3) is 0 Å². The SMILES string of the molecule is C/C(=N\NC(=O)c1cccc(S(=O)(=O)N2CCCCC2)c1)c1ccc(O)cc1. The van der Waals surface area contributed by atoms with Crippen LogP contribution >= 0.6 is 0 Å². The number of sulfonamides is 1. The first-order valence-corrected chi connectivity index (χ1v) is 10.6. The van der Waals surface area contributed by atoms with Gasteiger partial charge in [-0.15, -0.1) is 0 Å². The van der Waals surface area contributed by atoms with E-state index in [0.29, 0.717) is 18.8 Å². The van der Waals surface area contributed by atoms with Gasteiger partial charge < -0.3 is 5.11 Å². The molecule has 1 aliphatic rings. The molecule has 2 aromatic carbocycles. The van der Waals surface area contributed by atoms with Gasteiger partial charge in [0, 0.05) is 18.7 Å². The van der Waals surface area contributed by atoms with Crippen LogP contribution in [0.1, 0.15) is 42.1 Å². The molecule has 28 heavy (non-hydrogen) atoms. The van der Waals surface area contributed by atoms with Crippen molar-refractivity contribution in [3.63, 3.8) is 0 Å². The lowest BCUT2D eigenvalue weighted by Crippen LogP contribution is -2.35. The second-order valence-corrected chi connectivity index (χ2v) is 8.62. The van der Waals surface area contributed by atoms with Gasteiger partial charge in [-0.2, -0.15) is 9.41 Å². The van der Waals surface area contributed by atoms with Crippen molar-refractivity contribution in [2.24, 2.45) is 5.10 Å². The van der Waals surface area contributed by atoms with Crippen LogP contribution in [0.3, 0.4) is 0 Å². The Hall–Kier alpha value is -2.71. The number of hydrogen-bond donors (Lipinski definition) is 2. The van der Waals surface area contributed by atoms with Gasteiger partial charge in [-0.3, -0.25) is 4.79 Å². The summed E-state index contributed by atoms with van der Waals surface area (Å²) in [5.74, 6) is -0.346. The van der Waals surface area contributed by atoms with E-state index in [9.17, 15) is 18.3 Å². The Morgan fingerprint density at radius 1 is 1.04 bits per heavy atom. The van der Waals surface area contributed by atoms with Crippen molar-refractivity contribution in [1.82, 2.24) is 9.73 Å². The highest BCUT2D eigenvalue weighted by atomic mass is 32.2. The molecule has 7 nitrogen and oxygen atoms in total. The van der Waals surface area contributed by atoms with Crippen molar-refractivity contribution in [3.8, 4) is 5.75 Å². The van der Waals surface area contributed by atoms with Crippen molar-refractivity contribution >= 4 is 21.6 Å². The minimum absolute atomic E-state index is 0.112. The molecule has 148 valence electrons. The smallest absolute Gasteiger partial charge is 0.271 e. The van der Waals surface area contributed by atoms with Crippen LogP contribution < -0.4 is 5.43 Å². The number of nitrogens with zero attached hydrogens (tertiary/aromatic N) is 2. The monoisotopic (exact) mass is 401 g/mol. The van der Waals surface area contributed by atoms with Crippen LogP contribution in [0.2, 0.25) is 0 Å². The average Bonchev–Trinajstić information content (AvgIpc) is 2.73. The van der Waals surface area contributed by atoms with Gasteiger partial charge in [-0.25, -0.2) is 13.8 Å². The van der Waals surface area contributed by atoms with E-state index < -0.39 is 15.9 Å². The summed E-state index contributed by atoms with van der Waals surface area (Å²) in [5.41, 5.74) is 3.98. The second-order valence-electron chi connectivity index (χ2n) is 6.68. The number of phenolic OH excluding ortho intramolecular Hbond substituents is 1. The number of nitrogens with one attached hydrogen (secondary N) is 1. The fourth-order valence-electron chi connectivity index (χ4n) is 3.02. The molecule has 1 amide bonds. The van der Waals surface area contributed by atoms with Gasteiger partial charge in [0.05, 0.1) is 10.6 Å². The molecule has 0 saturated carbocycles. The third-order valence-corrected chi connectivity index (χ3v) is 6.55. The first kappa shape index (κ1) is 20.0. The topological polar surface area (TPSA) is 99.1 Å². The third kappa shape index (κ3) is 4.58. The lowest BCUT2D eigenvalue weighted by molar-refractivity contribution is 0.0954. The molecular formula is C20H23N3O4S. The van der Waals surface area contributed by atoms with Gasteiger partial charge in [-0.05, 0) is 67.8 Å². The number of phenols is 1. The number of amides is 1. The summed E-state index contributed by atoms with van der Waals surface area (Å²) in [5, 5.41) is 13.4. The lowest BCUT2D eigenvalue weighted by atomic mass is 10.1. The largest absolute Gasteiger partial charge is 0.508 e. The number of carbonyl (C=O) groups excluding carboxylic acids is 1. The van der Waals surface area contributed by atoms with Gasteiger partial charge in [-0.1, -0.05) is 12.5 Å². The number of hydrazone groups is 1. The maximum atomic E-state index is 12.8. The molecule has 0 aliphatic carbocycles. The minimum atomic E-state index is -3.60. The van der Waals surface area contributed by atoms with Crippen molar-refractivity contribution in [1.29, 1.82) is 0 Å². The van der Waals surface area contributed by atoms with E-state index >= 15 is 0 Å². The first-order chi connectivity index (χ1) is 13.4. The van der Waals surface area contributed by atoms with Crippen LogP contribution in [0.15, 0.2) is 58.5 Å². The number of piperidine rings is 1. The van der Waals surface area contributed by atoms with E-state index in [1.54, 1.807) is 31.2 Å². The minimum Gasteiger partial charge on any atom is -0.508 e. The van der Waals surface area contributed by atoms with Gasteiger partial charge in [0.15, 0.2) is 0 Å². The fraction of sp³-hybridized carbons (Fsp3) is 0.300. The zero-order valence-electron chi connectivity index (χ0n) is 15.6. The van der Waals surface area contributed by atoms with Crippen molar-refractivity contribution in [3.05, 3.63) is 59.7 Å². The van der Waals surface area contributed by atoms with E-state index in [1.165, 1.54) is 28.6 Å². The fourth-order valence-corrected chi connectivity index (χ4v) is 4.58. The van der Waals surface area contributed by atoms with E-state index in [1.807, 2.05) is 0 Å². The molecule has 0 atom stereocenters. The number of aromatic hydroxyl groups is 1. The Morgan fingerprint density at radius 2 is 1.71 bits per heavy atom. The van der Waals surface area contributed by atoms with Crippen LogP contribution in [-0.4, -0.2) is 42.5 Å². The van der Waals surface area contributed by atoms with Crippen molar-refractivity contribution < 1.29 is 18.3 Å². The summed E-state index contributed by atoms with van der Waals surface area (Å²) in [6, 6.07) is 12.4. The Labute approximate surface area is 164 Å². The molecule has 1 fully saturated rings. The molecule has 0 unspecified atom stereocenters. The standard InChI is InChI=1S/C20H23N3O4S/c1-15(16-8-10-18(24)11-9-16)21-22-20(25)17-6-5-7-19(14-17)28(26,27)23-12-3-2-4-13-23/h5-11,14,24H,2-4,12-13H2,1H3,(H,22,25)/b21-15+. The van der Waals surface area contributed by atoms with E-state index in [4.69, 9.17) is 0 Å². The Kier molecular flexibility index (Phi) is 6.11. The predicted octanol–water partition coefficient (Wildman–Crippen LogP) is 2.72. The molecule has 1 heterocycles. The molecule has 0 aromatic heterocycles. The summed E-state index contributed by atoms with van der Waals surface area (Å²) in [4.78, 5) is 12.5. The maximum absolute atomic E-state index is 12.8. The summed E-state index contributed by atoms with van der Waals surface area (Å²) in [6.45, 7) is 2.74. The first-order valence-electron chi connectivity index (χ1n) is 9.12. The van der Waals surface area contributed by atoms with E-state index in [-0.39, 0.29) is 16.2 Å². The molecule has 0 spiro atoms. The number of benzene rings is 2. The molecular weight excluding hydrogens is 378 g/mol. The molecule has 1 aliphatic heterocycles. The Balaban J connectivity index is 1.75. The highest BCUT2D eigenvalue weighted by molar-refractivity contribution is 7.89. The highest BCUT2D eigenvalue weighted by Gasteiger charge is 2.26. The molecule has 2 aromatic rings. The van der Waals surface area contributed by atoms with Gasteiger partial charge in [0.1, 0.15) is 5.75 Å². The molecule has 2 N–H and O–H groups in total. The van der Waals surface area contributed by atoms with Crippen LogP contribution in [-0.2, 0) is 10.0 Å². The van der Waals surface area contributed by atoms with Gasteiger partial charge in [0.2, 0.25) is 10.0 Å².